The van der Waals surface area contributed by atoms with Crippen LogP contribution in [-0.4, -0.2) is 38.0 Å². The van der Waals surface area contributed by atoms with Gasteiger partial charge in [0.2, 0.25) is 5.95 Å². The Morgan fingerprint density at radius 2 is 2.10 bits per heavy atom. The number of anilines is 2. The lowest BCUT2D eigenvalue weighted by atomic mass is 10.1. The maximum atomic E-state index is 12.9. The maximum absolute atomic E-state index is 12.9. The molecular formula is C20H19F3N6O2. The number of ether oxygens (including phenoxy) is 1. The average Bonchev–Trinajstić information content (AvgIpc) is 3.27. The van der Waals surface area contributed by atoms with Gasteiger partial charge in [-0.1, -0.05) is 6.07 Å². The van der Waals surface area contributed by atoms with E-state index in [0.29, 0.717) is 18.8 Å². The maximum Gasteiger partial charge on any atom is 0.433 e. The Kier molecular flexibility index (Phi) is 5.03. The molecule has 3 aromatic rings. The highest BCUT2D eigenvalue weighted by molar-refractivity contribution is 5.71. The summed E-state index contributed by atoms with van der Waals surface area (Å²) in [4.78, 5) is 18.7. The van der Waals surface area contributed by atoms with Crippen LogP contribution in [0.25, 0.3) is 11.1 Å². The van der Waals surface area contributed by atoms with Crippen LogP contribution < -0.4 is 10.6 Å². The zero-order valence-corrected chi connectivity index (χ0v) is 16.7. The van der Waals surface area contributed by atoms with Gasteiger partial charge in [0.05, 0.1) is 19.3 Å². The average molecular weight is 432 g/mol. The third-order valence-corrected chi connectivity index (χ3v) is 4.69. The van der Waals surface area contributed by atoms with E-state index < -0.39 is 23.6 Å². The fourth-order valence-corrected chi connectivity index (χ4v) is 3.31. The predicted octanol–water partition coefficient (Wildman–Crippen LogP) is 3.91. The normalized spacial score (nSPS) is 18.5. The van der Waals surface area contributed by atoms with Crippen LogP contribution >= 0.6 is 0 Å². The molecule has 8 nitrogen and oxygen atoms in total. The van der Waals surface area contributed by atoms with Gasteiger partial charge in [-0.15, -0.1) is 0 Å². The molecular weight excluding hydrogens is 413 g/mol. The molecule has 3 heterocycles. The van der Waals surface area contributed by atoms with E-state index in [9.17, 15) is 18.0 Å². The Labute approximate surface area is 175 Å². The molecule has 162 valence electrons. The highest BCUT2D eigenvalue weighted by atomic mass is 19.4. The lowest BCUT2D eigenvalue weighted by Gasteiger charge is -2.20. The van der Waals surface area contributed by atoms with Crippen molar-refractivity contribution in [3.05, 3.63) is 54.1 Å². The van der Waals surface area contributed by atoms with Crippen LogP contribution in [0.3, 0.4) is 0 Å². The van der Waals surface area contributed by atoms with E-state index in [-0.39, 0.29) is 5.95 Å². The molecule has 0 aliphatic carbocycles. The third-order valence-electron chi connectivity index (χ3n) is 4.69. The highest BCUT2D eigenvalue weighted by Gasteiger charge is 2.36. The number of alkyl carbamates (subject to hydrolysis) is 1. The van der Waals surface area contributed by atoms with Gasteiger partial charge in [0, 0.05) is 23.6 Å². The van der Waals surface area contributed by atoms with Crippen molar-refractivity contribution in [1.82, 2.24) is 25.1 Å². The van der Waals surface area contributed by atoms with Crippen molar-refractivity contribution in [2.75, 3.05) is 11.9 Å². The minimum absolute atomic E-state index is 0.148. The summed E-state index contributed by atoms with van der Waals surface area (Å²) in [5.74, 6) is -0.148. The number of carbonyl (C=O) groups is 1. The molecule has 1 unspecified atom stereocenters. The van der Waals surface area contributed by atoms with Crippen LogP contribution in [0.4, 0.5) is 29.6 Å². The van der Waals surface area contributed by atoms with Gasteiger partial charge in [-0.2, -0.15) is 18.3 Å². The lowest BCUT2D eigenvalue weighted by Crippen LogP contribution is -2.34. The third kappa shape index (κ3) is 4.76. The zero-order valence-electron chi connectivity index (χ0n) is 16.7. The van der Waals surface area contributed by atoms with Gasteiger partial charge >= 0.3 is 12.3 Å². The van der Waals surface area contributed by atoms with Crippen molar-refractivity contribution in [2.45, 2.75) is 32.2 Å². The number of hydrogen-bond donors (Lipinski definition) is 2. The van der Waals surface area contributed by atoms with Crippen molar-refractivity contribution in [3.63, 3.8) is 0 Å². The van der Waals surface area contributed by atoms with E-state index in [2.05, 4.69) is 25.7 Å². The van der Waals surface area contributed by atoms with Crippen molar-refractivity contribution in [3.8, 4) is 11.1 Å². The fraction of sp³-hybridized carbons (Fsp3) is 0.300. The summed E-state index contributed by atoms with van der Waals surface area (Å²) in [6, 6.07) is 6.30. The number of benzene rings is 1. The van der Waals surface area contributed by atoms with E-state index in [0.717, 1.165) is 29.0 Å². The minimum Gasteiger partial charge on any atom is -0.439 e. The van der Waals surface area contributed by atoms with E-state index >= 15 is 0 Å². The summed E-state index contributed by atoms with van der Waals surface area (Å²) < 4.78 is 45.7. The van der Waals surface area contributed by atoms with Crippen LogP contribution in [0.2, 0.25) is 0 Å². The molecule has 11 heteroatoms. The monoisotopic (exact) mass is 432 g/mol. The Morgan fingerprint density at radius 1 is 1.29 bits per heavy atom. The Morgan fingerprint density at radius 3 is 2.81 bits per heavy atom. The van der Waals surface area contributed by atoms with Crippen LogP contribution in [-0.2, 0) is 17.5 Å². The highest BCUT2D eigenvalue weighted by Crippen LogP contribution is 2.29. The number of carbonyl (C=O) groups excluding carboxylic acids is 1. The van der Waals surface area contributed by atoms with Gasteiger partial charge in [0.15, 0.2) is 0 Å². The number of aryl methyl sites for hydroxylation is 1. The Hall–Kier alpha value is -3.63. The van der Waals surface area contributed by atoms with Crippen LogP contribution in [0.5, 0.6) is 0 Å². The molecule has 1 aromatic carbocycles. The van der Waals surface area contributed by atoms with Crippen LogP contribution in [0.15, 0.2) is 42.9 Å². The Bertz CT molecular complexity index is 1130. The molecule has 1 saturated heterocycles. The number of rotatable bonds is 5. The van der Waals surface area contributed by atoms with Gasteiger partial charge in [-0.05, 0) is 43.2 Å². The van der Waals surface area contributed by atoms with Crippen molar-refractivity contribution in [2.24, 2.45) is 0 Å². The van der Waals surface area contributed by atoms with Gasteiger partial charge in [0.25, 0.3) is 0 Å². The second-order valence-corrected chi connectivity index (χ2v) is 7.60. The summed E-state index contributed by atoms with van der Waals surface area (Å²) in [5, 5.41) is 9.79. The van der Waals surface area contributed by atoms with Gasteiger partial charge in [0.1, 0.15) is 11.3 Å². The quantitative estimate of drug-likeness (QED) is 0.635. The van der Waals surface area contributed by atoms with E-state index in [1.54, 1.807) is 23.0 Å². The molecule has 0 bridgehead atoms. The number of aromatic nitrogens is 4. The van der Waals surface area contributed by atoms with Gasteiger partial charge in [-0.25, -0.2) is 14.8 Å². The SMILES string of the molecule is Cc1cc(Nc2nccc(C(F)(F)F)n2)cc(-c2cnn(CC3(C)CNC(=O)O3)c2)c1. The zero-order chi connectivity index (χ0) is 22.2. The lowest BCUT2D eigenvalue weighted by molar-refractivity contribution is -0.141. The number of hydrogen-bond acceptors (Lipinski definition) is 6. The fourth-order valence-electron chi connectivity index (χ4n) is 3.31. The van der Waals surface area contributed by atoms with Crippen LogP contribution in [0.1, 0.15) is 18.2 Å². The Balaban J connectivity index is 1.55. The molecule has 2 aromatic heterocycles. The summed E-state index contributed by atoms with van der Waals surface area (Å²) in [6.45, 7) is 4.45. The number of cyclic esters (lactones) is 1. The molecule has 1 aliphatic heterocycles. The molecule has 1 atom stereocenters. The number of nitrogens with zero attached hydrogens (tertiary/aromatic N) is 4. The summed E-state index contributed by atoms with van der Waals surface area (Å²) in [7, 11) is 0. The molecule has 1 fully saturated rings. The van der Waals surface area contributed by atoms with Crippen molar-refractivity contribution >= 4 is 17.7 Å². The first-order valence-corrected chi connectivity index (χ1v) is 9.38. The number of nitrogens with one attached hydrogen (secondary N) is 2. The molecule has 4 rings (SSSR count). The number of alkyl halides is 3. The summed E-state index contributed by atoms with van der Waals surface area (Å²) in [5.41, 5.74) is 1.34. The van der Waals surface area contributed by atoms with Crippen LogP contribution in [0, 0.1) is 6.92 Å². The standard InChI is InChI=1S/C20H19F3N6O2/c1-12-5-13(14-8-26-29(9-14)11-19(2)10-25-18(30)31-19)7-15(6-12)27-17-24-4-3-16(28-17)20(21,22)23/h3-9H,10-11H2,1-2H3,(H,25,30)(H,24,27,28). The van der Waals surface area contributed by atoms with Gasteiger partial charge in [-0.3, -0.25) is 4.68 Å². The number of halogens is 3. The number of amides is 1. The molecule has 31 heavy (non-hydrogen) atoms. The largest absolute Gasteiger partial charge is 0.439 e. The van der Waals surface area contributed by atoms with Crippen molar-refractivity contribution < 1.29 is 22.7 Å². The molecule has 2 N–H and O–H groups in total. The smallest absolute Gasteiger partial charge is 0.433 e. The van der Waals surface area contributed by atoms with E-state index in [1.165, 1.54) is 0 Å². The van der Waals surface area contributed by atoms with Crippen molar-refractivity contribution in [1.29, 1.82) is 0 Å². The summed E-state index contributed by atoms with van der Waals surface area (Å²) >= 11 is 0. The first-order chi connectivity index (χ1) is 14.6. The van der Waals surface area contributed by atoms with Gasteiger partial charge < -0.3 is 15.4 Å². The summed E-state index contributed by atoms with van der Waals surface area (Å²) in [6.07, 6.45) is -0.458. The molecule has 0 radical (unpaired) electrons. The molecule has 0 saturated carbocycles. The molecule has 0 spiro atoms. The van der Waals surface area contributed by atoms with E-state index in [4.69, 9.17) is 4.74 Å². The first kappa shape index (κ1) is 20.6. The molecule has 1 amide bonds. The first-order valence-electron chi connectivity index (χ1n) is 9.38. The topological polar surface area (TPSA) is 94.0 Å². The van der Waals surface area contributed by atoms with E-state index in [1.807, 2.05) is 26.1 Å². The second-order valence-electron chi connectivity index (χ2n) is 7.60. The minimum atomic E-state index is -4.55. The molecule has 1 aliphatic rings. The predicted molar refractivity (Wildman–Crippen MR) is 106 cm³/mol. The second kappa shape index (κ2) is 7.56.